The van der Waals surface area contributed by atoms with Gasteiger partial charge in [-0.3, -0.25) is 14.5 Å². The summed E-state index contributed by atoms with van der Waals surface area (Å²) in [6, 6.07) is 5.26. The molecule has 5 nitrogen and oxygen atoms in total. The van der Waals surface area contributed by atoms with Gasteiger partial charge >= 0.3 is 0 Å². The Morgan fingerprint density at radius 2 is 2.39 bits per heavy atom. The molecule has 1 atom stereocenters. The highest BCUT2D eigenvalue weighted by molar-refractivity contribution is 9.10. The second-order valence-electron chi connectivity index (χ2n) is 3.85. The summed E-state index contributed by atoms with van der Waals surface area (Å²) >= 11 is 3.30. The lowest BCUT2D eigenvalue weighted by molar-refractivity contribution is -0.124. The van der Waals surface area contributed by atoms with Gasteiger partial charge < -0.3 is 5.32 Å². The van der Waals surface area contributed by atoms with Crippen molar-refractivity contribution in [3.05, 3.63) is 47.0 Å². The van der Waals surface area contributed by atoms with Gasteiger partial charge in [-0.15, -0.1) is 0 Å². The molecular weight excluding hydrogens is 296 g/mol. The molecule has 0 aliphatic heterocycles. The quantitative estimate of drug-likeness (QED) is 0.938. The molecule has 6 heteroatoms. The van der Waals surface area contributed by atoms with Gasteiger partial charge in [0, 0.05) is 12.4 Å². The number of rotatable bonds is 4. The van der Waals surface area contributed by atoms with E-state index in [2.05, 4.69) is 31.3 Å². The van der Waals surface area contributed by atoms with Crippen LogP contribution >= 0.6 is 15.9 Å². The summed E-state index contributed by atoms with van der Waals surface area (Å²) in [5.74, 6) is -0.0868. The first kappa shape index (κ1) is 12.8. The van der Waals surface area contributed by atoms with Gasteiger partial charge in [-0.25, -0.2) is 0 Å². The lowest BCUT2D eigenvalue weighted by Crippen LogP contribution is -2.31. The van der Waals surface area contributed by atoms with E-state index in [0.717, 1.165) is 10.2 Å². The van der Waals surface area contributed by atoms with Gasteiger partial charge in [-0.2, -0.15) is 5.10 Å². The van der Waals surface area contributed by atoms with Gasteiger partial charge in [0.1, 0.15) is 6.04 Å². The van der Waals surface area contributed by atoms with E-state index < -0.39 is 0 Å². The molecule has 0 spiro atoms. The zero-order valence-corrected chi connectivity index (χ0v) is 11.5. The maximum Gasteiger partial charge on any atom is 0.244 e. The molecular formula is C12H13BrN4O. The SMILES string of the molecule is CC(C(=O)NCc1ccccn1)n1cc(Br)cn1. The normalized spacial score (nSPS) is 12.1. The van der Waals surface area contributed by atoms with E-state index >= 15 is 0 Å². The predicted molar refractivity (Wildman–Crippen MR) is 70.7 cm³/mol. The zero-order chi connectivity index (χ0) is 13.0. The maximum atomic E-state index is 11.9. The summed E-state index contributed by atoms with van der Waals surface area (Å²) in [5, 5.41) is 6.91. The molecule has 18 heavy (non-hydrogen) atoms. The summed E-state index contributed by atoms with van der Waals surface area (Å²) in [6.45, 7) is 2.22. The molecule has 0 aliphatic rings. The van der Waals surface area contributed by atoms with Crippen molar-refractivity contribution in [3.8, 4) is 0 Å². The molecule has 94 valence electrons. The molecule has 1 unspecified atom stereocenters. The van der Waals surface area contributed by atoms with Crippen LogP contribution in [0.4, 0.5) is 0 Å². The van der Waals surface area contributed by atoms with Crippen LogP contribution in [0.2, 0.25) is 0 Å². The second kappa shape index (κ2) is 5.77. The van der Waals surface area contributed by atoms with E-state index in [1.165, 1.54) is 0 Å². The molecule has 0 bridgehead atoms. The molecule has 2 aromatic heterocycles. The van der Waals surface area contributed by atoms with E-state index in [4.69, 9.17) is 0 Å². The summed E-state index contributed by atoms with van der Waals surface area (Å²) < 4.78 is 2.46. The van der Waals surface area contributed by atoms with Crippen molar-refractivity contribution in [2.75, 3.05) is 0 Å². The molecule has 0 radical (unpaired) electrons. The number of carbonyl (C=O) groups excluding carboxylic acids is 1. The Bertz CT molecular complexity index is 526. The minimum absolute atomic E-state index is 0.0868. The Morgan fingerprint density at radius 3 is 3.00 bits per heavy atom. The van der Waals surface area contributed by atoms with E-state index in [1.807, 2.05) is 18.2 Å². The topological polar surface area (TPSA) is 59.8 Å². The van der Waals surface area contributed by atoms with Crippen LogP contribution < -0.4 is 5.32 Å². The minimum Gasteiger partial charge on any atom is -0.349 e. The van der Waals surface area contributed by atoms with Crippen LogP contribution in [-0.4, -0.2) is 20.7 Å². The number of halogens is 1. The Morgan fingerprint density at radius 1 is 1.56 bits per heavy atom. The summed E-state index contributed by atoms with van der Waals surface area (Å²) in [5.41, 5.74) is 0.833. The molecule has 0 fully saturated rings. The monoisotopic (exact) mass is 308 g/mol. The van der Waals surface area contributed by atoms with Crippen LogP contribution in [-0.2, 0) is 11.3 Å². The first-order valence-electron chi connectivity index (χ1n) is 5.54. The highest BCUT2D eigenvalue weighted by Gasteiger charge is 2.15. The molecule has 0 aliphatic carbocycles. The van der Waals surface area contributed by atoms with Crippen molar-refractivity contribution >= 4 is 21.8 Å². The number of amides is 1. The average Bonchev–Trinajstić information content (AvgIpc) is 2.83. The van der Waals surface area contributed by atoms with Crippen molar-refractivity contribution in [2.45, 2.75) is 19.5 Å². The molecule has 0 aromatic carbocycles. The smallest absolute Gasteiger partial charge is 0.244 e. The number of pyridine rings is 1. The Labute approximate surface area is 113 Å². The van der Waals surface area contributed by atoms with Crippen molar-refractivity contribution in [1.82, 2.24) is 20.1 Å². The van der Waals surface area contributed by atoms with Crippen LogP contribution in [0.25, 0.3) is 0 Å². The van der Waals surface area contributed by atoms with Crippen molar-refractivity contribution < 1.29 is 4.79 Å². The number of nitrogens with zero attached hydrogens (tertiary/aromatic N) is 3. The van der Waals surface area contributed by atoms with Crippen LogP contribution in [0.3, 0.4) is 0 Å². The Kier molecular flexibility index (Phi) is 4.09. The molecule has 1 amide bonds. The largest absolute Gasteiger partial charge is 0.349 e. The fraction of sp³-hybridized carbons (Fsp3) is 0.250. The fourth-order valence-corrected chi connectivity index (χ4v) is 1.78. The zero-order valence-electron chi connectivity index (χ0n) is 9.88. The maximum absolute atomic E-state index is 11.9. The molecule has 0 saturated heterocycles. The van der Waals surface area contributed by atoms with Crippen molar-refractivity contribution in [2.24, 2.45) is 0 Å². The second-order valence-corrected chi connectivity index (χ2v) is 4.77. The van der Waals surface area contributed by atoms with Gasteiger partial charge in [0.05, 0.1) is 22.9 Å². The van der Waals surface area contributed by atoms with Gasteiger partial charge in [-0.05, 0) is 35.0 Å². The lowest BCUT2D eigenvalue weighted by atomic mass is 10.3. The van der Waals surface area contributed by atoms with Gasteiger partial charge in [0.25, 0.3) is 0 Å². The summed E-state index contributed by atoms with van der Waals surface area (Å²) in [7, 11) is 0. The molecule has 2 rings (SSSR count). The number of hydrogen-bond donors (Lipinski definition) is 1. The van der Waals surface area contributed by atoms with E-state index in [9.17, 15) is 4.79 Å². The molecule has 1 N–H and O–H groups in total. The van der Waals surface area contributed by atoms with Gasteiger partial charge in [0.2, 0.25) is 5.91 Å². The number of aromatic nitrogens is 3. The molecule has 0 saturated carbocycles. The van der Waals surface area contributed by atoms with E-state index in [-0.39, 0.29) is 11.9 Å². The third-order valence-electron chi connectivity index (χ3n) is 2.52. The Hall–Kier alpha value is -1.69. The summed E-state index contributed by atoms with van der Waals surface area (Å²) in [4.78, 5) is 16.1. The highest BCUT2D eigenvalue weighted by atomic mass is 79.9. The number of carbonyl (C=O) groups is 1. The van der Waals surface area contributed by atoms with E-state index in [0.29, 0.717) is 6.54 Å². The highest BCUT2D eigenvalue weighted by Crippen LogP contribution is 2.11. The molecule has 2 aromatic rings. The minimum atomic E-state index is -0.347. The van der Waals surface area contributed by atoms with E-state index in [1.54, 1.807) is 30.2 Å². The fourth-order valence-electron chi connectivity index (χ4n) is 1.47. The van der Waals surface area contributed by atoms with Gasteiger partial charge in [0.15, 0.2) is 0 Å². The van der Waals surface area contributed by atoms with Crippen LogP contribution in [0.1, 0.15) is 18.7 Å². The standard InChI is InChI=1S/C12H13BrN4O/c1-9(17-8-10(13)6-16-17)12(18)15-7-11-4-2-3-5-14-11/h2-6,8-9H,7H2,1H3,(H,15,18). The number of nitrogens with one attached hydrogen (secondary N) is 1. The third kappa shape index (κ3) is 3.16. The first-order valence-corrected chi connectivity index (χ1v) is 6.33. The predicted octanol–water partition coefficient (Wildman–Crippen LogP) is 1.92. The van der Waals surface area contributed by atoms with Crippen LogP contribution in [0.15, 0.2) is 41.3 Å². The average molecular weight is 309 g/mol. The summed E-state index contributed by atoms with van der Waals surface area (Å²) in [6.07, 6.45) is 5.13. The van der Waals surface area contributed by atoms with Crippen molar-refractivity contribution in [3.63, 3.8) is 0 Å². The van der Waals surface area contributed by atoms with Crippen molar-refractivity contribution in [1.29, 1.82) is 0 Å². The first-order chi connectivity index (χ1) is 8.66. The number of hydrogen-bond acceptors (Lipinski definition) is 3. The molecule has 2 heterocycles. The van der Waals surface area contributed by atoms with Gasteiger partial charge in [-0.1, -0.05) is 6.07 Å². The van der Waals surface area contributed by atoms with Crippen LogP contribution in [0, 0.1) is 0 Å². The van der Waals surface area contributed by atoms with Crippen LogP contribution in [0.5, 0.6) is 0 Å². The third-order valence-corrected chi connectivity index (χ3v) is 2.93. The lowest BCUT2D eigenvalue weighted by Gasteiger charge is -2.12. The Balaban J connectivity index is 1.92.